The fraction of sp³-hybridized carbons (Fsp3) is 0.161. The number of allylic oxidation sites excluding steroid dienone is 1. The van der Waals surface area contributed by atoms with Crippen LogP contribution in [0.15, 0.2) is 91.5 Å². The van der Waals surface area contributed by atoms with Gasteiger partial charge in [0.05, 0.1) is 5.56 Å². The van der Waals surface area contributed by atoms with Crippen molar-refractivity contribution in [3.63, 3.8) is 0 Å². The van der Waals surface area contributed by atoms with E-state index < -0.39 is 11.7 Å². The van der Waals surface area contributed by atoms with Gasteiger partial charge in [-0.3, -0.25) is 0 Å². The highest BCUT2D eigenvalue weighted by Gasteiger charge is 2.29. The lowest BCUT2D eigenvalue weighted by Gasteiger charge is -2.09. The average molecular weight is 473 g/mol. The zero-order valence-electron chi connectivity index (χ0n) is 19.1. The van der Waals surface area contributed by atoms with E-state index in [0.29, 0.717) is 23.8 Å². The van der Waals surface area contributed by atoms with Crippen LogP contribution in [0.4, 0.5) is 17.6 Å². The minimum atomic E-state index is -4.36. The van der Waals surface area contributed by atoms with Crippen molar-refractivity contribution in [1.29, 1.82) is 0 Å². The van der Waals surface area contributed by atoms with Crippen LogP contribution in [0.2, 0.25) is 0 Å². The summed E-state index contributed by atoms with van der Waals surface area (Å²) in [7, 11) is 0. The molecule has 4 heteroatoms. The maximum Gasteiger partial charge on any atom is 0.416 e. The summed E-state index contributed by atoms with van der Waals surface area (Å²) in [6, 6.07) is 22.1. The smallest absolute Gasteiger partial charge is 0.206 e. The lowest BCUT2D eigenvalue weighted by atomic mass is 9.98. The van der Waals surface area contributed by atoms with Crippen LogP contribution in [0.5, 0.6) is 0 Å². The number of fused-ring (bicyclic) bond motifs is 1. The van der Waals surface area contributed by atoms with Gasteiger partial charge in [-0.25, -0.2) is 4.39 Å². The van der Waals surface area contributed by atoms with Gasteiger partial charge >= 0.3 is 6.18 Å². The summed E-state index contributed by atoms with van der Waals surface area (Å²) in [6.07, 6.45) is 0.296. The van der Waals surface area contributed by atoms with Gasteiger partial charge < -0.3 is 0 Å². The van der Waals surface area contributed by atoms with E-state index in [2.05, 4.69) is 30.6 Å². The Kier molecular flexibility index (Phi) is 7.36. The summed E-state index contributed by atoms with van der Waals surface area (Å²) in [5.74, 6) is 5.99. The molecule has 0 aliphatic carbocycles. The Morgan fingerprint density at radius 3 is 2.03 bits per heavy atom. The number of aryl methyl sites for hydroxylation is 3. The van der Waals surface area contributed by atoms with Gasteiger partial charge in [-0.1, -0.05) is 60.4 Å². The maximum absolute atomic E-state index is 15.1. The Labute approximate surface area is 202 Å². The van der Waals surface area contributed by atoms with E-state index >= 15 is 4.39 Å². The SMILES string of the molecule is C=CCCc1ccc(C#Cc2ccc3c(F)c(CCc4ccc(C(F)(F)F)cc4)ccc3c2)cc1. The van der Waals surface area contributed by atoms with Crippen molar-refractivity contribution >= 4 is 10.8 Å². The molecule has 0 heterocycles. The molecule has 0 nitrogen and oxygen atoms in total. The Morgan fingerprint density at radius 1 is 0.714 bits per heavy atom. The van der Waals surface area contributed by atoms with E-state index in [9.17, 15) is 13.2 Å². The highest BCUT2D eigenvalue weighted by atomic mass is 19.4. The first-order valence-corrected chi connectivity index (χ1v) is 11.4. The number of hydrogen-bond donors (Lipinski definition) is 0. The third-order valence-corrected chi connectivity index (χ3v) is 5.94. The molecule has 35 heavy (non-hydrogen) atoms. The van der Waals surface area contributed by atoms with Crippen LogP contribution in [-0.4, -0.2) is 0 Å². The molecule has 4 aromatic carbocycles. The van der Waals surface area contributed by atoms with Gasteiger partial charge in [-0.2, -0.15) is 13.2 Å². The molecule has 0 aliphatic rings. The molecule has 0 saturated carbocycles. The maximum atomic E-state index is 15.1. The second-order valence-corrected chi connectivity index (χ2v) is 8.44. The first kappa shape index (κ1) is 24.3. The molecule has 0 radical (unpaired) electrons. The van der Waals surface area contributed by atoms with Crippen molar-refractivity contribution < 1.29 is 17.6 Å². The van der Waals surface area contributed by atoms with E-state index in [0.717, 1.165) is 47.1 Å². The van der Waals surface area contributed by atoms with Gasteiger partial charge in [0.1, 0.15) is 5.82 Å². The zero-order chi connectivity index (χ0) is 24.8. The summed E-state index contributed by atoms with van der Waals surface area (Å²) < 4.78 is 53.3. The topological polar surface area (TPSA) is 0 Å². The Bertz CT molecular complexity index is 1380. The van der Waals surface area contributed by atoms with Crippen LogP contribution in [-0.2, 0) is 25.4 Å². The quantitative estimate of drug-likeness (QED) is 0.150. The van der Waals surface area contributed by atoms with Gasteiger partial charge in [-0.05, 0) is 84.2 Å². The lowest BCUT2D eigenvalue weighted by Crippen LogP contribution is -2.04. The molecule has 0 saturated heterocycles. The molecular formula is C31H24F4. The van der Waals surface area contributed by atoms with Crippen molar-refractivity contribution in [2.24, 2.45) is 0 Å². The van der Waals surface area contributed by atoms with Crippen molar-refractivity contribution in [2.75, 3.05) is 0 Å². The number of benzene rings is 4. The van der Waals surface area contributed by atoms with Gasteiger partial charge in [0.2, 0.25) is 0 Å². The first-order valence-electron chi connectivity index (χ1n) is 11.4. The molecule has 4 rings (SSSR count). The zero-order valence-corrected chi connectivity index (χ0v) is 19.1. The van der Waals surface area contributed by atoms with Gasteiger partial charge in [0.25, 0.3) is 0 Å². The second-order valence-electron chi connectivity index (χ2n) is 8.44. The van der Waals surface area contributed by atoms with Crippen molar-refractivity contribution in [1.82, 2.24) is 0 Å². The number of hydrogen-bond acceptors (Lipinski definition) is 0. The summed E-state index contributed by atoms with van der Waals surface area (Å²) >= 11 is 0. The predicted octanol–water partition coefficient (Wildman–Crippen LogP) is 8.30. The lowest BCUT2D eigenvalue weighted by molar-refractivity contribution is -0.137. The molecule has 0 N–H and O–H groups in total. The molecule has 176 valence electrons. The third-order valence-electron chi connectivity index (χ3n) is 5.94. The molecule has 0 atom stereocenters. The number of rotatable bonds is 6. The molecule has 4 aromatic rings. The molecule has 0 aliphatic heterocycles. The largest absolute Gasteiger partial charge is 0.416 e. The van der Waals surface area contributed by atoms with Crippen LogP contribution in [0.1, 0.15) is 39.8 Å². The molecule has 0 fully saturated rings. The minimum Gasteiger partial charge on any atom is -0.206 e. The first-order chi connectivity index (χ1) is 16.8. The van der Waals surface area contributed by atoms with Crippen molar-refractivity contribution in [2.45, 2.75) is 31.9 Å². The van der Waals surface area contributed by atoms with Gasteiger partial charge in [-0.15, -0.1) is 6.58 Å². The molecule has 0 aromatic heterocycles. The molecule has 0 amide bonds. The molecular weight excluding hydrogens is 448 g/mol. The summed E-state index contributed by atoms with van der Waals surface area (Å²) in [4.78, 5) is 0. The number of halogens is 4. The van der Waals surface area contributed by atoms with E-state index in [1.807, 2.05) is 30.3 Å². The predicted molar refractivity (Wildman–Crippen MR) is 134 cm³/mol. The Morgan fingerprint density at radius 2 is 1.34 bits per heavy atom. The fourth-order valence-corrected chi connectivity index (χ4v) is 3.92. The van der Waals surface area contributed by atoms with Crippen LogP contribution < -0.4 is 0 Å². The third kappa shape index (κ3) is 6.19. The highest BCUT2D eigenvalue weighted by molar-refractivity contribution is 5.85. The summed E-state index contributed by atoms with van der Waals surface area (Å²) in [5, 5.41) is 1.26. The van der Waals surface area contributed by atoms with Crippen molar-refractivity contribution in [3.8, 4) is 11.8 Å². The van der Waals surface area contributed by atoms with Crippen LogP contribution in [0, 0.1) is 17.7 Å². The number of alkyl halides is 3. The van der Waals surface area contributed by atoms with Crippen LogP contribution in [0.25, 0.3) is 10.8 Å². The minimum absolute atomic E-state index is 0.302. The van der Waals surface area contributed by atoms with Gasteiger partial charge in [0, 0.05) is 16.5 Å². The Balaban J connectivity index is 1.46. The normalized spacial score (nSPS) is 11.2. The van der Waals surface area contributed by atoms with Crippen LogP contribution in [0.3, 0.4) is 0 Å². The monoisotopic (exact) mass is 472 g/mol. The Hall–Kier alpha value is -3.84. The standard InChI is InChI=1S/C31H24F4/c1-2-3-4-22-5-7-23(8-6-22)9-10-25-14-20-29-27(21-25)17-16-26(30(29)32)15-11-24-12-18-28(19-13-24)31(33,34)35/h2,5-8,12-14,16-21H,1,3-4,11,15H2. The van der Waals surface area contributed by atoms with E-state index in [-0.39, 0.29) is 5.82 Å². The average Bonchev–Trinajstić information content (AvgIpc) is 2.86. The molecule has 0 unspecified atom stereocenters. The summed E-state index contributed by atoms with van der Waals surface area (Å²) in [6.45, 7) is 3.74. The summed E-state index contributed by atoms with van der Waals surface area (Å²) in [5.41, 5.74) is 3.54. The van der Waals surface area contributed by atoms with E-state index in [4.69, 9.17) is 0 Å². The molecule has 0 bridgehead atoms. The fourth-order valence-electron chi connectivity index (χ4n) is 3.92. The molecule has 0 spiro atoms. The second kappa shape index (κ2) is 10.6. The van der Waals surface area contributed by atoms with E-state index in [1.165, 1.54) is 17.7 Å². The van der Waals surface area contributed by atoms with Crippen molar-refractivity contribution in [3.05, 3.63) is 131 Å². The highest BCUT2D eigenvalue weighted by Crippen LogP contribution is 2.29. The van der Waals surface area contributed by atoms with E-state index in [1.54, 1.807) is 18.2 Å². The van der Waals surface area contributed by atoms with Crippen LogP contribution >= 0.6 is 0 Å². The van der Waals surface area contributed by atoms with Gasteiger partial charge in [0.15, 0.2) is 0 Å².